The van der Waals surface area contributed by atoms with E-state index in [0.29, 0.717) is 5.56 Å². The number of nitrogens with zero attached hydrogens (tertiary/aromatic N) is 1. The Morgan fingerprint density at radius 1 is 1.40 bits per heavy atom. The standard InChI is InChI=1S/C12H17FN2/c1-15-8-4-7-12(14,9-15)10-5-2-3-6-11(10)13/h2-3,5-6H,4,7-9,14H2,1H3. The third kappa shape index (κ3) is 2.03. The summed E-state index contributed by atoms with van der Waals surface area (Å²) in [7, 11) is 2.03. The van der Waals surface area contributed by atoms with Crippen molar-refractivity contribution in [3.8, 4) is 0 Å². The van der Waals surface area contributed by atoms with Crippen molar-refractivity contribution in [3.63, 3.8) is 0 Å². The third-order valence-corrected chi connectivity index (χ3v) is 3.13. The molecule has 1 unspecified atom stereocenters. The van der Waals surface area contributed by atoms with E-state index in [4.69, 9.17) is 5.73 Å². The Bertz CT molecular complexity index is 353. The number of nitrogens with two attached hydrogens (primary N) is 1. The lowest BCUT2D eigenvalue weighted by atomic mass is 9.83. The predicted octanol–water partition coefficient (Wildman–Crippen LogP) is 1.71. The van der Waals surface area contributed by atoms with Crippen molar-refractivity contribution in [2.75, 3.05) is 20.1 Å². The van der Waals surface area contributed by atoms with E-state index in [1.165, 1.54) is 6.07 Å². The van der Waals surface area contributed by atoms with E-state index in [2.05, 4.69) is 4.90 Å². The maximum atomic E-state index is 13.6. The molecule has 0 saturated carbocycles. The lowest BCUT2D eigenvalue weighted by Crippen LogP contribution is -2.51. The van der Waals surface area contributed by atoms with Gasteiger partial charge in [0.1, 0.15) is 5.82 Å². The first-order valence-corrected chi connectivity index (χ1v) is 5.34. The molecule has 1 fully saturated rings. The molecule has 2 nitrogen and oxygen atoms in total. The molecule has 1 aliphatic heterocycles. The summed E-state index contributed by atoms with van der Waals surface area (Å²) in [6, 6.07) is 6.84. The first kappa shape index (κ1) is 10.6. The monoisotopic (exact) mass is 208 g/mol. The van der Waals surface area contributed by atoms with Gasteiger partial charge in [0.2, 0.25) is 0 Å². The summed E-state index contributed by atoms with van der Waals surface area (Å²) in [6.45, 7) is 1.78. The highest BCUT2D eigenvalue weighted by molar-refractivity contribution is 5.27. The molecule has 1 aromatic carbocycles. The van der Waals surface area contributed by atoms with Gasteiger partial charge in [-0.1, -0.05) is 18.2 Å². The number of piperidine rings is 1. The van der Waals surface area contributed by atoms with Crippen LogP contribution in [0, 0.1) is 5.82 Å². The van der Waals surface area contributed by atoms with Gasteiger partial charge in [0.25, 0.3) is 0 Å². The summed E-state index contributed by atoms with van der Waals surface area (Å²) in [5.41, 5.74) is 6.42. The first-order chi connectivity index (χ1) is 7.12. The van der Waals surface area contributed by atoms with Crippen molar-refractivity contribution < 1.29 is 4.39 Å². The van der Waals surface area contributed by atoms with Crippen LogP contribution in [0.15, 0.2) is 24.3 Å². The van der Waals surface area contributed by atoms with Crippen LogP contribution in [0.25, 0.3) is 0 Å². The molecule has 1 aromatic rings. The second-order valence-corrected chi connectivity index (χ2v) is 4.48. The summed E-state index contributed by atoms with van der Waals surface area (Å²) in [4.78, 5) is 2.16. The number of halogens is 1. The van der Waals surface area contributed by atoms with Crippen LogP contribution in [0.4, 0.5) is 4.39 Å². The fraction of sp³-hybridized carbons (Fsp3) is 0.500. The smallest absolute Gasteiger partial charge is 0.128 e. The second-order valence-electron chi connectivity index (χ2n) is 4.48. The zero-order valence-electron chi connectivity index (χ0n) is 9.04. The summed E-state index contributed by atoms with van der Waals surface area (Å²) < 4.78 is 13.6. The summed E-state index contributed by atoms with van der Waals surface area (Å²) >= 11 is 0. The molecule has 0 amide bonds. The molecule has 0 aliphatic carbocycles. The van der Waals surface area contributed by atoms with Crippen molar-refractivity contribution >= 4 is 0 Å². The molecule has 1 saturated heterocycles. The van der Waals surface area contributed by atoms with Crippen molar-refractivity contribution in [2.24, 2.45) is 5.73 Å². The Kier molecular flexibility index (Phi) is 2.76. The van der Waals surface area contributed by atoms with Gasteiger partial charge >= 0.3 is 0 Å². The Balaban J connectivity index is 2.32. The van der Waals surface area contributed by atoms with Crippen LogP contribution in [0.3, 0.4) is 0 Å². The number of likely N-dealkylation sites (N-methyl/N-ethyl adjacent to an activating group) is 1. The van der Waals surface area contributed by atoms with Gasteiger partial charge in [0.05, 0.1) is 5.54 Å². The topological polar surface area (TPSA) is 29.3 Å². The molecule has 1 heterocycles. The van der Waals surface area contributed by atoms with Gasteiger partial charge in [0.15, 0.2) is 0 Å². The Labute approximate surface area is 89.9 Å². The fourth-order valence-corrected chi connectivity index (χ4v) is 2.39. The first-order valence-electron chi connectivity index (χ1n) is 5.34. The molecule has 0 aromatic heterocycles. The van der Waals surface area contributed by atoms with E-state index in [1.807, 2.05) is 13.1 Å². The zero-order valence-corrected chi connectivity index (χ0v) is 9.04. The third-order valence-electron chi connectivity index (χ3n) is 3.13. The number of hydrogen-bond acceptors (Lipinski definition) is 2. The van der Waals surface area contributed by atoms with Gasteiger partial charge in [-0.25, -0.2) is 4.39 Å². The van der Waals surface area contributed by atoms with E-state index in [9.17, 15) is 4.39 Å². The van der Waals surface area contributed by atoms with E-state index in [0.717, 1.165) is 25.9 Å². The SMILES string of the molecule is CN1CCCC(N)(c2ccccc2F)C1. The number of hydrogen-bond donors (Lipinski definition) is 1. The molecular formula is C12H17FN2. The molecule has 82 valence electrons. The molecule has 1 aliphatic rings. The van der Waals surface area contributed by atoms with Crippen LogP contribution in [0.2, 0.25) is 0 Å². The maximum absolute atomic E-state index is 13.6. The fourth-order valence-electron chi connectivity index (χ4n) is 2.39. The van der Waals surface area contributed by atoms with Gasteiger partial charge in [-0.2, -0.15) is 0 Å². The van der Waals surface area contributed by atoms with Crippen molar-refractivity contribution in [1.29, 1.82) is 0 Å². The van der Waals surface area contributed by atoms with Crippen molar-refractivity contribution in [1.82, 2.24) is 4.90 Å². The van der Waals surface area contributed by atoms with Crippen LogP contribution in [0.5, 0.6) is 0 Å². The van der Waals surface area contributed by atoms with Gasteiger partial charge in [-0.15, -0.1) is 0 Å². The highest BCUT2D eigenvalue weighted by atomic mass is 19.1. The maximum Gasteiger partial charge on any atom is 0.128 e. The molecule has 1 atom stereocenters. The quantitative estimate of drug-likeness (QED) is 0.761. The van der Waals surface area contributed by atoms with Gasteiger partial charge in [-0.05, 0) is 32.5 Å². The minimum Gasteiger partial charge on any atom is -0.320 e. The molecule has 0 spiro atoms. The summed E-state index contributed by atoms with van der Waals surface area (Å²) in [5, 5.41) is 0. The number of likely N-dealkylation sites (tertiary alicyclic amines) is 1. The molecule has 3 heteroatoms. The number of benzene rings is 1. The van der Waals surface area contributed by atoms with Gasteiger partial charge in [-0.3, -0.25) is 0 Å². The normalized spacial score (nSPS) is 27.9. The average molecular weight is 208 g/mol. The van der Waals surface area contributed by atoms with Crippen molar-refractivity contribution in [2.45, 2.75) is 18.4 Å². The van der Waals surface area contributed by atoms with E-state index in [1.54, 1.807) is 12.1 Å². The summed E-state index contributed by atoms with van der Waals surface area (Å²) in [5.74, 6) is -0.185. The average Bonchev–Trinajstić information content (AvgIpc) is 2.17. The molecule has 2 rings (SSSR count). The second kappa shape index (κ2) is 3.91. The predicted molar refractivity (Wildman–Crippen MR) is 59.0 cm³/mol. The van der Waals surface area contributed by atoms with E-state index >= 15 is 0 Å². The van der Waals surface area contributed by atoms with Gasteiger partial charge in [0, 0.05) is 12.1 Å². The molecule has 0 radical (unpaired) electrons. The minimum atomic E-state index is -0.516. The Morgan fingerprint density at radius 2 is 2.13 bits per heavy atom. The zero-order chi connectivity index (χ0) is 10.9. The lowest BCUT2D eigenvalue weighted by Gasteiger charge is -2.39. The molecule has 0 bridgehead atoms. The Morgan fingerprint density at radius 3 is 2.80 bits per heavy atom. The van der Waals surface area contributed by atoms with Crippen molar-refractivity contribution in [3.05, 3.63) is 35.6 Å². The van der Waals surface area contributed by atoms with Crippen LogP contribution in [-0.2, 0) is 5.54 Å². The minimum absolute atomic E-state index is 0.185. The highest BCUT2D eigenvalue weighted by Gasteiger charge is 2.33. The Hall–Kier alpha value is -0.930. The van der Waals surface area contributed by atoms with Crippen LogP contribution in [-0.4, -0.2) is 25.0 Å². The largest absolute Gasteiger partial charge is 0.320 e. The van der Waals surface area contributed by atoms with E-state index < -0.39 is 5.54 Å². The highest BCUT2D eigenvalue weighted by Crippen LogP contribution is 2.29. The summed E-state index contributed by atoms with van der Waals surface area (Å²) in [6.07, 6.45) is 1.89. The number of rotatable bonds is 1. The van der Waals surface area contributed by atoms with E-state index in [-0.39, 0.29) is 5.82 Å². The lowest BCUT2D eigenvalue weighted by molar-refractivity contribution is 0.176. The van der Waals surface area contributed by atoms with Crippen LogP contribution >= 0.6 is 0 Å². The van der Waals surface area contributed by atoms with Gasteiger partial charge < -0.3 is 10.6 Å². The van der Waals surface area contributed by atoms with Crippen LogP contribution in [0.1, 0.15) is 18.4 Å². The molecule has 15 heavy (non-hydrogen) atoms. The van der Waals surface area contributed by atoms with Crippen LogP contribution < -0.4 is 5.73 Å². The molecule has 2 N–H and O–H groups in total. The molecular weight excluding hydrogens is 191 g/mol.